The molecule has 1 heterocycles. The summed E-state index contributed by atoms with van der Waals surface area (Å²) in [6, 6.07) is 4.66. The van der Waals surface area contributed by atoms with Crippen LogP contribution in [0.4, 0.5) is 13.2 Å². The molecule has 0 amide bonds. The molecule has 0 unspecified atom stereocenters. The SMILES string of the molecule is O=c1nn[nH]n1-c1ccccc1C(F)(F)F. The lowest BCUT2D eigenvalue weighted by molar-refractivity contribution is -0.137. The predicted molar refractivity (Wildman–Crippen MR) is 47.0 cm³/mol. The van der Waals surface area contributed by atoms with Crippen LogP contribution in [-0.2, 0) is 6.18 Å². The van der Waals surface area contributed by atoms with Gasteiger partial charge in [-0.15, -0.1) is 0 Å². The molecular weight excluding hydrogens is 225 g/mol. The van der Waals surface area contributed by atoms with Crippen LogP contribution in [0.25, 0.3) is 5.69 Å². The Morgan fingerprint density at radius 2 is 1.94 bits per heavy atom. The normalized spacial score (nSPS) is 11.7. The topological polar surface area (TPSA) is 63.6 Å². The molecule has 0 aliphatic heterocycles. The second-order valence-corrected chi connectivity index (χ2v) is 2.93. The zero-order valence-corrected chi connectivity index (χ0v) is 7.69. The number of alkyl halides is 3. The first-order chi connectivity index (χ1) is 7.50. The van der Waals surface area contributed by atoms with Gasteiger partial charge in [0.2, 0.25) is 0 Å². The first-order valence-corrected chi connectivity index (χ1v) is 4.17. The fourth-order valence-electron chi connectivity index (χ4n) is 1.26. The number of aromatic amines is 1. The number of para-hydroxylation sites is 1. The zero-order valence-electron chi connectivity index (χ0n) is 7.69. The van der Waals surface area contributed by atoms with Crippen molar-refractivity contribution in [3.8, 4) is 5.69 Å². The van der Waals surface area contributed by atoms with Crippen molar-refractivity contribution in [1.82, 2.24) is 20.2 Å². The van der Waals surface area contributed by atoms with E-state index in [2.05, 4.69) is 15.5 Å². The van der Waals surface area contributed by atoms with Gasteiger partial charge in [0.05, 0.1) is 11.3 Å². The molecule has 0 radical (unpaired) electrons. The summed E-state index contributed by atoms with van der Waals surface area (Å²) in [6.07, 6.45) is -4.54. The van der Waals surface area contributed by atoms with E-state index < -0.39 is 17.4 Å². The Balaban J connectivity index is 2.67. The fraction of sp³-hybridized carbons (Fsp3) is 0.125. The first-order valence-electron chi connectivity index (χ1n) is 4.17. The molecule has 0 saturated heterocycles. The zero-order chi connectivity index (χ0) is 11.8. The first kappa shape index (κ1) is 10.4. The molecule has 2 rings (SSSR count). The molecule has 0 saturated carbocycles. The van der Waals surface area contributed by atoms with Crippen LogP contribution in [0.2, 0.25) is 0 Å². The number of H-pyrrole nitrogens is 1. The molecule has 0 bridgehead atoms. The number of aromatic nitrogens is 4. The molecule has 0 aliphatic rings. The number of tetrazole rings is 1. The van der Waals surface area contributed by atoms with Gasteiger partial charge in [-0.3, -0.25) is 0 Å². The minimum Gasteiger partial charge on any atom is -0.242 e. The Bertz CT molecular complexity index is 557. The number of nitrogens with zero attached hydrogens (tertiary/aromatic N) is 3. The highest BCUT2D eigenvalue weighted by atomic mass is 19.4. The van der Waals surface area contributed by atoms with E-state index in [1.165, 1.54) is 12.1 Å². The summed E-state index contributed by atoms with van der Waals surface area (Å²) < 4.78 is 38.4. The van der Waals surface area contributed by atoms with Crippen molar-refractivity contribution in [2.24, 2.45) is 0 Å². The van der Waals surface area contributed by atoms with Crippen LogP contribution in [-0.4, -0.2) is 20.2 Å². The highest BCUT2D eigenvalue weighted by molar-refractivity contribution is 5.41. The van der Waals surface area contributed by atoms with Gasteiger partial charge in [0.25, 0.3) is 0 Å². The number of nitrogens with one attached hydrogen (secondary N) is 1. The van der Waals surface area contributed by atoms with Crippen molar-refractivity contribution in [1.29, 1.82) is 0 Å². The van der Waals surface area contributed by atoms with Gasteiger partial charge in [0, 0.05) is 0 Å². The Morgan fingerprint density at radius 1 is 1.25 bits per heavy atom. The van der Waals surface area contributed by atoms with E-state index in [0.717, 1.165) is 12.1 Å². The lowest BCUT2D eigenvalue weighted by Crippen LogP contribution is -2.20. The molecule has 0 spiro atoms. The van der Waals surface area contributed by atoms with Gasteiger partial charge in [-0.25, -0.2) is 4.79 Å². The Labute approximate surface area is 86.5 Å². The van der Waals surface area contributed by atoms with Crippen LogP contribution in [0, 0.1) is 0 Å². The maximum Gasteiger partial charge on any atom is 0.418 e. The maximum absolute atomic E-state index is 12.6. The van der Waals surface area contributed by atoms with Crippen LogP contribution in [0.3, 0.4) is 0 Å². The van der Waals surface area contributed by atoms with Crippen molar-refractivity contribution >= 4 is 0 Å². The quantitative estimate of drug-likeness (QED) is 0.794. The van der Waals surface area contributed by atoms with Gasteiger partial charge in [0.1, 0.15) is 0 Å². The van der Waals surface area contributed by atoms with E-state index in [1.54, 1.807) is 0 Å². The average molecular weight is 230 g/mol. The van der Waals surface area contributed by atoms with Crippen molar-refractivity contribution in [2.75, 3.05) is 0 Å². The molecule has 0 aliphatic carbocycles. The van der Waals surface area contributed by atoms with E-state index in [0.29, 0.717) is 4.68 Å². The van der Waals surface area contributed by atoms with Gasteiger partial charge >= 0.3 is 11.9 Å². The van der Waals surface area contributed by atoms with Crippen LogP contribution < -0.4 is 5.69 Å². The third-order valence-corrected chi connectivity index (χ3v) is 1.92. The molecule has 0 fully saturated rings. The van der Waals surface area contributed by atoms with Crippen LogP contribution in [0.5, 0.6) is 0 Å². The second-order valence-electron chi connectivity index (χ2n) is 2.93. The van der Waals surface area contributed by atoms with Gasteiger partial charge in [-0.2, -0.15) is 23.1 Å². The summed E-state index contributed by atoms with van der Waals surface area (Å²) in [7, 11) is 0. The Kier molecular flexibility index (Phi) is 2.26. The van der Waals surface area contributed by atoms with E-state index in [9.17, 15) is 18.0 Å². The van der Waals surface area contributed by atoms with E-state index >= 15 is 0 Å². The van der Waals surface area contributed by atoms with E-state index in [1.807, 2.05) is 0 Å². The highest BCUT2D eigenvalue weighted by Gasteiger charge is 2.34. The number of benzene rings is 1. The summed E-state index contributed by atoms with van der Waals surface area (Å²) in [4.78, 5) is 11.1. The van der Waals surface area contributed by atoms with Crippen LogP contribution in [0.1, 0.15) is 5.56 Å². The fourth-order valence-corrected chi connectivity index (χ4v) is 1.26. The molecule has 16 heavy (non-hydrogen) atoms. The summed E-state index contributed by atoms with van der Waals surface area (Å²) in [5, 5.41) is 8.26. The standard InChI is InChI=1S/C8H5F3N4O/c9-8(10,11)5-3-1-2-4-6(5)15-7(16)12-13-14-15/h1-4H,(H,12,14,16). The number of hydrogen-bond donors (Lipinski definition) is 1. The highest BCUT2D eigenvalue weighted by Crippen LogP contribution is 2.32. The van der Waals surface area contributed by atoms with Crippen LogP contribution in [0.15, 0.2) is 29.1 Å². The number of rotatable bonds is 1. The van der Waals surface area contributed by atoms with E-state index in [-0.39, 0.29) is 5.69 Å². The van der Waals surface area contributed by atoms with Crippen molar-refractivity contribution in [3.63, 3.8) is 0 Å². The van der Waals surface area contributed by atoms with Crippen molar-refractivity contribution in [3.05, 3.63) is 40.3 Å². The van der Waals surface area contributed by atoms with Crippen LogP contribution >= 0.6 is 0 Å². The molecule has 84 valence electrons. The molecule has 1 aromatic carbocycles. The third-order valence-electron chi connectivity index (χ3n) is 1.92. The predicted octanol–water partition coefficient (Wildman–Crippen LogP) is 0.974. The number of halogens is 3. The number of hydrogen-bond acceptors (Lipinski definition) is 3. The molecule has 2 aromatic rings. The monoisotopic (exact) mass is 230 g/mol. The average Bonchev–Trinajstić information content (AvgIpc) is 2.63. The smallest absolute Gasteiger partial charge is 0.242 e. The second kappa shape index (κ2) is 3.47. The molecular formula is C8H5F3N4O. The van der Waals surface area contributed by atoms with Gasteiger partial charge < -0.3 is 0 Å². The lowest BCUT2D eigenvalue weighted by Gasteiger charge is -2.11. The van der Waals surface area contributed by atoms with Crippen molar-refractivity contribution in [2.45, 2.75) is 6.18 Å². The Hall–Kier alpha value is -2.12. The molecule has 5 nitrogen and oxygen atoms in total. The maximum atomic E-state index is 12.6. The molecule has 8 heteroatoms. The minimum atomic E-state index is -4.54. The van der Waals surface area contributed by atoms with Crippen molar-refractivity contribution < 1.29 is 13.2 Å². The minimum absolute atomic E-state index is 0.329. The molecule has 1 N–H and O–H groups in total. The van der Waals surface area contributed by atoms with Gasteiger partial charge in [-0.1, -0.05) is 17.2 Å². The lowest BCUT2D eigenvalue weighted by atomic mass is 10.2. The van der Waals surface area contributed by atoms with Gasteiger partial charge in [0.15, 0.2) is 0 Å². The molecule has 1 aromatic heterocycles. The van der Waals surface area contributed by atoms with Gasteiger partial charge in [-0.05, 0) is 17.3 Å². The summed E-state index contributed by atoms with van der Waals surface area (Å²) >= 11 is 0. The van der Waals surface area contributed by atoms with E-state index in [4.69, 9.17) is 0 Å². The summed E-state index contributed by atoms with van der Waals surface area (Å²) in [5.41, 5.74) is -2.15. The Morgan fingerprint density at radius 3 is 2.50 bits per heavy atom. The third kappa shape index (κ3) is 1.69. The summed E-state index contributed by atoms with van der Waals surface area (Å²) in [6.45, 7) is 0. The molecule has 0 atom stereocenters. The summed E-state index contributed by atoms with van der Waals surface area (Å²) in [5.74, 6) is 0. The largest absolute Gasteiger partial charge is 0.418 e.